The molecule has 1 amide bonds. The number of aromatic nitrogens is 3. The summed E-state index contributed by atoms with van der Waals surface area (Å²) >= 11 is 0. The van der Waals surface area contributed by atoms with E-state index in [1.165, 1.54) is 5.56 Å². The van der Waals surface area contributed by atoms with Crippen LogP contribution >= 0.6 is 0 Å². The molecular weight excluding hydrogens is 388 g/mol. The van der Waals surface area contributed by atoms with Crippen molar-refractivity contribution in [2.45, 2.75) is 11.5 Å². The molecule has 31 heavy (non-hydrogen) atoms. The quantitative estimate of drug-likeness (QED) is 0.681. The zero-order chi connectivity index (χ0) is 20.8. The molecule has 1 aromatic carbocycles. The summed E-state index contributed by atoms with van der Waals surface area (Å²) in [5.74, 6) is 0.318. The minimum absolute atomic E-state index is 0.0915. The third-order valence-electron chi connectivity index (χ3n) is 7.18. The fourth-order valence-electron chi connectivity index (χ4n) is 5.87. The van der Waals surface area contributed by atoms with Crippen LogP contribution in [0.4, 0.5) is 0 Å². The van der Waals surface area contributed by atoms with Crippen molar-refractivity contribution in [3.05, 3.63) is 72.1 Å². The normalized spacial score (nSPS) is 31.4. The lowest BCUT2D eigenvalue weighted by molar-refractivity contribution is 0.0179. The molecule has 0 aliphatic carbocycles. The maximum absolute atomic E-state index is 13.3. The van der Waals surface area contributed by atoms with Gasteiger partial charge in [-0.3, -0.25) is 14.9 Å². The number of pyridine rings is 1. The number of nitrogens with one attached hydrogen (secondary N) is 2. The molecule has 4 aliphatic rings. The predicted molar refractivity (Wildman–Crippen MR) is 118 cm³/mol. The van der Waals surface area contributed by atoms with Crippen LogP contribution in [0.25, 0.3) is 11.4 Å². The van der Waals surface area contributed by atoms with Gasteiger partial charge in [0.05, 0.1) is 5.69 Å². The maximum Gasteiger partial charge on any atom is 0.269 e. The van der Waals surface area contributed by atoms with Gasteiger partial charge in [-0.05, 0) is 23.8 Å². The number of carbonyl (C=O) groups excluding carboxylic acids is 1. The number of benzene rings is 1. The second-order valence-corrected chi connectivity index (χ2v) is 9.09. The Morgan fingerprint density at radius 3 is 2.45 bits per heavy atom. The summed E-state index contributed by atoms with van der Waals surface area (Å²) in [5.41, 5.74) is 3.14. The topological polar surface area (TPSA) is 77.2 Å². The van der Waals surface area contributed by atoms with Crippen LogP contribution in [-0.2, 0) is 5.41 Å². The van der Waals surface area contributed by atoms with Gasteiger partial charge in [0.15, 0.2) is 0 Å². The van der Waals surface area contributed by atoms with Crippen LogP contribution in [0.2, 0.25) is 0 Å². The number of piperidine rings is 2. The molecule has 3 atom stereocenters. The van der Waals surface area contributed by atoms with Gasteiger partial charge in [-0.25, -0.2) is 0 Å². The first-order chi connectivity index (χ1) is 15.2. The van der Waals surface area contributed by atoms with E-state index in [1.54, 1.807) is 12.3 Å². The summed E-state index contributed by atoms with van der Waals surface area (Å²) in [7, 11) is 0. The number of nitrogens with zero attached hydrogens (tertiary/aromatic N) is 4. The van der Waals surface area contributed by atoms with Gasteiger partial charge in [-0.1, -0.05) is 36.4 Å². The molecule has 3 aromatic rings. The average Bonchev–Trinajstić information content (AvgIpc) is 3.17. The maximum atomic E-state index is 13.3. The summed E-state index contributed by atoms with van der Waals surface area (Å²) in [6, 6.07) is 18.3. The number of hydrogen-bond acceptors (Lipinski definition) is 5. The van der Waals surface area contributed by atoms with Crippen molar-refractivity contribution in [2.75, 3.05) is 39.3 Å². The van der Waals surface area contributed by atoms with Crippen molar-refractivity contribution in [3.8, 4) is 11.4 Å². The van der Waals surface area contributed by atoms with E-state index in [4.69, 9.17) is 0 Å². The number of amides is 1. The number of aromatic amines is 1. The SMILES string of the molecule is O=C(N[C@@H]1C2CN3CCN(C2)CC1(c1ccccc1)C3)c1cc(-c2ccccn2)n[nH]1. The van der Waals surface area contributed by atoms with Crippen molar-refractivity contribution in [1.82, 2.24) is 30.3 Å². The summed E-state index contributed by atoms with van der Waals surface area (Å²) in [5, 5.41) is 10.7. The van der Waals surface area contributed by atoms with Crippen molar-refractivity contribution in [2.24, 2.45) is 5.92 Å². The van der Waals surface area contributed by atoms with Gasteiger partial charge < -0.3 is 15.1 Å². The molecule has 0 saturated carbocycles. The first-order valence-electron chi connectivity index (χ1n) is 11.0. The van der Waals surface area contributed by atoms with Crippen molar-refractivity contribution in [1.29, 1.82) is 0 Å². The Morgan fingerprint density at radius 2 is 1.74 bits per heavy atom. The number of hydrogen-bond donors (Lipinski definition) is 2. The van der Waals surface area contributed by atoms with Crippen molar-refractivity contribution in [3.63, 3.8) is 0 Å². The first kappa shape index (κ1) is 18.7. The zero-order valence-electron chi connectivity index (χ0n) is 17.4. The molecule has 158 valence electrons. The molecule has 7 nitrogen and oxygen atoms in total. The Labute approximate surface area is 181 Å². The molecule has 6 heterocycles. The summed E-state index contributed by atoms with van der Waals surface area (Å²) in [4.78, 5) is 22.8. The summed E-state index contributed by atoms with van der Waals surface area (Å²) < 4.78 is 0. The average molecular weight is 415 g/mol. The highest BCUT2D eigenvalue weighted by molar-refractivity contribution is 5.93. The van der Waals surface area contributed by atoms with Crippen LogP contribution in [0.1, 0.15) is 16.1 Å². The lowest BCUT2D eigenvalue weighted by Crippen LogP contribution is -2.70. The lowest BCUT2D eigenvalue weighted by Gasteiger charge is -2.55. The van der Waals surface area contributed by atoms with E-state index >= 15 is 0 Å². The molecule has 2 aromatic heterocycles. The third kappa shape index (κ3) is 3.16. The van der Waals surface area contributed by atoms with Gasteiger partial charge in [0.25, 0.3) is 5.91 Å². The van der Waals surface area contributed by atoms with Crippen LogP contribution in [0, 0.1) is 5.92 Å². The van der Waals surface area contributed by atoms with Gasteiger partial charge in [-0.2, -0.15) is 5.10 Å². The molecule has 7 heteroatoms. The molecular formula is C24H26N6O. The molecule has 4 fully saturated rings. The first-order valence-corrected chi connectivity index (χ1v) is 11.0. The number of carbonyl (C=O) groups is 1. The van der Waals surface area contributed by atoms with E-state index < -0.39 is 0 Å². The monoisotopic (exact) mass is 414 g/mol. The summed E-state index contributed by atoms with van der Waals surface area (Å²) in [6.45, 7) is 6.27. The molecule has 2 unspecified atom stereocenters. The fraction of sp³-hybridized carbons (Fsp3) is 0.375. The minimum atomic E-state index is -0.0988. The smallest absolute Gasteiger partial charge is 0.269 e. The molecule has 7 rings (SSSR count). The highest BCUT2D eigenvalue weighted by Gasteiger charge is 2.55. The van der Waals surface area contributed by atoms with Crippen LogP contribution in [-0.4, -0.2) is 76.2 Å². The lowest BCUT2D eigenvalue weighted by atomic mass is 9.64. The standard InChI is InChI=1S/C24H26N6O/c31-23(21-12-20(27-28-21)19-8-4-5-9-25-19)26-22-17-13-29-10-11-30(14-17)16-24(22,15-29)18-6-2-1-3-7-18/h1-9,12,17,22H,10-11,13-16H2,(H,26,31)(H,27,28)/t17?,22-,24?/m1/s1. The largest absolute Gasteiger partial charge is 0.347 e. The Bertz CT molecular complexity index is 1070. The van der Waals surface area contributed by atoms with Gasteiger partial charge in [0.2, 0.25) is 0 Å². The Balaban J connectivity index is 1.32. The van der Waals surface area contributed by atoms with E-state index in [2.05, 4.69) is 60.6 Å². The highest BCUT2D eigenvalue weighted by atomic mass is 16.2. The molecule has 0 radical (unpaired) electrons. The van der Waals surface area contributed by atoms with Crippen molar-refractivity contribution >= 4 is 5.91 Å². The number of H-pyrrole nitrogens is 1. The molecule has 4 aliphatic heterocycles. The van der Waals surface area contributed by atoms with Gasteiger partial charge in [0, 0.05) is 62.8 Å². The van der Waals surface area contributed by atoms with E-state index in [0.717, 1.165) is 45.0 Å². The van der Waals surface area contributed by atoms with Crippen LogP contribution in [0.3, 0.4) is 0 Å². The number of fused-ring (bicyclic) bond motifs is 1. The van der Waals surface area contributed by atoms with Gasteiger partial charge in [0.1, 0.15) is 11.4 Å². The Morgan fingerprint density at radius 1 is 1.00 bits per heavy atom. The fourth-order valence-corrected chi connectivity index (χ4v) is 5.87. The van der Waals surface area contributed by atoms with E-state index in [-0.39, 0.29) is 17.4 Å². The summed E-state index contributed by atoms with van der Waals surface area (Å²) in [6.07, 6.45) is 1.73. The van der Waals surface area contributed by atoms with Gasteiger partial charge in [-0.15, -0.1) is 0 Å². The zero-order valence-corrected chi connectivity index (χ0v) is 17.4. The Hall–Kier alpha value is -3.03. The molecule has 4 saturated heterocycles. The van der Waals surface area contributed by atoms with Crippen LogP contribution in [0.15, 0.2) is 60.8 Å². The highest BCUT2D eigenvalue weighted by Crippen LogP contribution is 2.43. The van der Waals surface area contributed by atoms with Crippen LogP contribution in [0.5, 0.6) is 0 Å². The second kappa shape index (κ2) is 7.28. The molecule has 0 spiro atoms. The predicted octanol–water partition coefficient (Wildman–Crippen LogP) is 1.77. The minimum Gasteiger partial charge on any atom is -0.347 e. The number of rotatable bonds is 4. The van der Waals surface area contributed by atoms with Crippen molar-refractivity contribution < 1.29 is 4.79 Å². The molecule has 4 bridgehead atoms. The second-order valence-electron chi connectivity index (χ2n) is 9.09. The third-order valence-corrected chi connectivity index (χ3v) is 7.18. The van der Waals surface area contributed by atoms with Gasteiger partial charge >= 0.3 is 0 Å². The van der Waals surface area contributed by atoms with E-state index in [1.807, 2.05) is 18.2 Å². The Kier molecular flexibility index (Phi) is 4.40. The van der Waals surface area contributed by atoms with Crippen LogP contribution < -0.4 is 5.32 Å². The van der Waals surface area contributed by atoms with E-state index in [9.17, 15) is 4.79 Å². The molecule has 2 N–H and O–H groups in total. The van der Waals surface area contributed by atoms with E-state index in [0.29, 0.717) is 17.3 Å².